The Balaban J connectivity index is 0.836. The predicted molar refractivity (Wildman–Crippen MR) is 221 cm³/mol. The van der Waals surface area contributed by atoms with Crippen molar-refractivity contribution in [1.29, 1.82) is 0 Å². The van der Waals surface area contributed by atoms with Crippen molar-refractivity contribution in [2.24, 2.45) is 17.2 Å². The number of anilines is 1. The Morgan fingerprint density at radius 3 is 2.36 bits per heavy atom. The van der Waals surface area contributed by atoms with Gasteiger partial charge in [0.25, 0.3) is 5.91 Å². The van der Waals surface area contributed by atoms with Gasteiger partial charge in [-0.1, -0.05) is 24.3 Å². The molecule has 296 valence electrons. The molecule has 4 aliphatic rings. The van der Waals surface area contributed by atoms with E-state index in [1.165, 1.54) is 23.8 Å². The number of aromatic nitrogens is 2. The first kappa shape index (κ1) is 37.7. The number of nitrogens with zero attached hydrogens (tertiary/aromatic N) is 5. The van der Waals surface area contributed by atoms with Gasteiger partial charge in [-0.15, -0.1) is 0 Å². The van der Waals surface area contributed by atoms with E-state index in [9.17, 15) is 9.90 Å². The third kappa shape index (κ3) is 7.89. The Hall–Kier alpha value is -5.23. The van der Waals surface area contributed by atoms with Gasteiger partial charge in [0, 0.05) is 106 Å². The molecule has 0 bridgehead atoms. The van der Waals surface area contributed by atoms with Crippen LogP contribution in [0.5, 0.6) is 5.75 Å². The zero-order valence-corrected chi connectivity index (χ0v) is 32.5. The zero-order chi connectivity index (χ0) is 39.0. The van der Waals surface area contributed by atoms with E-state index in [0.717, 1.165) is 62.2 Å². The van der Waals surface area contributed by atoms with Crippen molar-refractivity contribution < 1.29 is 14.3 Å². The second-order valence-electron chi connectivity index (χ2n) is 16.4. The normalized spacial score (nSPS) is 21.0. The van der Waals surface area contributed by atoms with Crippen LogP contribution in [-0.2, 0) is 0 Å². The molecule has 3 saturated heterocycles. The number of hydrogen-bond acceptors (Lipinski definition) is 9. The molecule has 2 aromatic heterocycles. The van der Waals surface area contributed by atoms with Crippen LogP contribution in [0.2, 0.25) is 0 Å². The number of fused-ring (bicyclic) bond motifs is 1. The molecule has 56 heavy (non-hydrogen) atoms. The molecule has 0 radical (unpaired) electrons. The second-order valence-corrected chi connectivity index (χ2v) is 16.4. The lowest BCUT2D eigenvalue weighted by Gasteiger charge is -2.41. The summed E-state index contributed by atoms with van der Waals surface area (Å²) in [6.07, 6.45) is 13.1. The number of likely N-dealkylation sites (tertiary alicyclic amines) is 3. The summed E-state index contributed by atoms with van der Waals surface area (Å²) in [5.41, 5.74) is 24.2. The van der Waals surface area contributed by atoms with E-state index < -0.39 is 5.67 Å². The number of aromatic hydroxyl groups is 1. The standard InChI is InChI=1S/C44H56FN9O2/c1-49-33-23-36-37(30-10-11-30)27-54(42(36)50-25-33)34-14-19-51(20-15-34)28-44(45)16-21-52(22-17-44)43(56)31-12-8-29(9-13-31)32-5-4-18-53(26-32)39(41(47)48)24-38(46)35-6-2-3-7-40(35)55/h2-3,6-9,12-13,23-25,27,30,32,34,49,55H,4-5,10-11,14-22,26,28,46-48H2,1H3/b38-24-. The zero-order valence-electron chi connectivity index (χ0n) is 32.5. The van der Waals surface area contributed by atoms with Crippen molar-refractivity contribution in [2.75, 3.05) is 58.2 Å². The van der Waals surface area contributed by atoms with Crippen LogP contribution in [-0.4, -0.2) is 93.8 Å². The van der Waals surface area contributed by atoms with Gasteiger partial charge in [-0.2, -0.15) is 0 Å². The topological polar surface area (TPSA) is 155 Å². The Labute approximate surface area is 329 Å². The number of amides is 1. The Kier molecular flexibility index (Phi) is 10.6. The van der Waals surface area contributed by atoms with E-state index in [2.05, 4.69) is 31.9 Å². The highest BCUT2D eigenvalue weighted by atomic mass is 19.1. The predicted octanol–water partition coefficient (Wildman–Crippen LogP) is 6.21. The lowest BCUT2D eigenvalue weighted by atomic mass is 9.89. The first-order chi connectivity index (χ1) is 27.1. The molecule has 1 saturated carbocycles. The highest BCUT2D eigenvalue weighted by molar-refractivity contribution is 5.94. The average molecular weight is 762 g/mol. The fourth-order valence-corrected chi connectivity index (χ4v) is 9.16. The van der Waals surface area contributed by atoms with Crippen molar-refractivity contribution in [3.05, 3.63) is 107 Å². The maximum Gasteiger partial charge on any atom is 0.253 e. The Bertz CT molecular complexity index is 2100. The van der Waals surface area contributed by atoms with E-state index in [1.807, 2.05) is 48.5 Å². The van der Waals surface area contributed by atoms with Crippen molar-refractivity contribution in [2.45, 2.75) is 74.9 Å². The molecular formula is C44H56FN9O2. The van der Waals surface area contributed by atoms with Crippen LogP contribution >= 0.6 is 0 Å². The number of pyridine rings is 1. The number of hydrogen-bond donors (Lipinski definition) is 5. The molecular weight excluding hydrogens is 706 g/mol. The lowest BCUT2D eigenvalue weighted by Crippen LogP contribution is -2.51. The quantitative estimate of drug-likeness (QED) is 0.119. The molecule has 11 nitrogen and oxygen atoms in total. The largest absolute Gasteiger partial charge is 0.507 e. The van der Waals surface area contributed by atoms with Gasteiger partial charge in [-0.25, -0.2) is 9.37 Å². The summed E-state index contributed by atoms with van der Waals surface area (Å²) < 4.78 is 18.7. The van der Waals surface area contributed by atoms with Gasteiger partial charge in [0.1, 0.15) is 22.9 Å². The number of nitrogens with one attached hydrogen (secondary N) is 1. The molecule has 4 fully saturated rings. The van der Waals surface area contributed by atoms with Crippen LogP contribution in [0.25, 0.3) is 16.7 Å². The first-order valence-corrected chi connectivity index (χ1v) is 20.3. The van der Waals surface area contributed by atoms with Gasteiger partial charge in [-0.05, 0) is 92.0 Å². The number of alkyl halides is 1. The maximum absolute atomic E-state index is 16.3. The number of carbonyl (C=O) groups excluding carboxylic acids is 1. The summed E-state index contributed by atoms with van der Waals surface area (Å²) in [7, 11) is 1.93. The molecule has 1 aliphatic carbocycles. The number of rotatable bonds is 10. The van der Waals surface area contributed by atoms with Crippen molar-refractivity contribution in [3.8, 4) is 5.75 Å². The number of allylic oxidation sites excluding steroid dienone is 1. The fourth-order valence-electron chi connectivity index (χ4n) is 9.16. The average Bonchev–Trinajstić information content (AvgIpc) is 4.00. The van der Waals surface area contributed by atoms with Crippen LogP contribution < -0.4 is 22.5 Å². The Morgan fingerprint density at radius 1 is 0.946 bits per heavy atom. The number of para-hydroxylation sites is 1. The molecule has 5 heterocycles. The van der Waals surface area contributed by atoms with Crippen molar-refractivity contribution in [1.82, 2.24) is 24.3 Å². The third-order valence-electron chi connectivity index (χ3n) is 12.6. The number of halogens is 1. The number of piperidine rings is 3. The molecule has 2 aromatic carbocycles. The number of benzene rings is 2. The van der Waals surface area contributed by atoms with Gasteiger partial charge in [0.15, 0.2) is 0 Å². The Morgan fingerprint density at radius 2 is 1.68 bits per heavy atom. The fraction of sp³-hybridized carbons (Fsp3) is 0.455. The van der Waals surface area contributed by atoms with Crippen LogP contribution in [0.1, 0.15) is 96.3 Å². The molecule has 0 spiro atoms. The summed E-state index contributed by atoms with van der Waals surface area (Å²) in [5.74, 6) is 1.06. The smallest absolute Gasteiger partial charge is 0.253 e. The lowest BCUT2D eigenvalue weighted by molar-refractivity contribution is 0.0158. The van der Waals surface area contributed by atoms with Gasteiger partial charge in [0.05, 0.1) is 17.6 Å². The van der Waals surface area contributed by atoms with Crippen molar-refractivity contribution in [3.63, 3.8) is 0 Å². The first-order valence-electron chi connectivity index (χ1n) is 20.3. The molecule has 8 rings (SSSR count). The number of phenolic OH excluding ortho intramolecular Hbond substituents is 1. The van der Waals surface area contributed by atoms with E-state index in [0.29, 0.717) is 73.5 Å². The van der Waals surface area contributed by atoms with Crippen LogP contribution in [0, 0.1) is 0 Å². The van der Waals surface area contributed by atoms with Gasteiger partial charge in [0.2, 0.25) is 0 Å². The minimum absolute atomic E-state index is 0.0458. The second kappa shape index (κ2) is 15.7. The van der Waals surface area contributed by atoms with Crippen LogP contribution in [0.15, 0.2) is 84.6 Å². The van der Waals surface area contributed by atoms with Crippen LogP contribution in [0.3, 0.4) is 0 Å². The van der Waals surface area contributed by atoms with Gasteiger partial charge < -0.3 is 46.9 Å². The summed E-state index contributed by atoms with van der Waals surface area (Å²) in [5, 5.41) is 14.8. The molecule has 1 atom stereocenters. The van der Waals surface area contributed by atoms with E-state index in [1.54, 1.807) is 24.3 Å². The van der Waals surface area contributed by atoms with Crippen molar-refractivity contribution >= 4 is 28.3 Å². The summed E-state index contributed by atoms with van der Waals surface area (Å²) in [6.45, 7) is 4.43. The maximum atomic E-state index is 16.3. The van der Waals surface area contributed by atoms with Gasteiger partial charge >= 0.3 is 0 Å². The van der Waals surface area contributed by atoms with Crippen LogP contribution in [0.4, 0.5) is 10.1 Å². The minimum Gasteiger partial charge on any atom is -0.507 e. The highest BCUT2D eigenvalue weighted by Crippen LogP contribution is 2.45. The number of nitrogens with two attached hydrogens (primary N) is 3. The summed E-state index contributed by atoms with van der Waals surface area (Å²) in [6, 6.07) is 17.4. The van der Waals surface area contributed by atoms with E-state index in [4.69, 9.17) is 22.2 Å². The molecule has 12 heteroatoms. The summed E-state index contributed by atoms with van der Waals surface area (Å²) in [4.78, 5) is 24.7. The van der Waals surface area contributed by atoms with E-state index in [-0.39, 0.29) is 23.4 Å². The number of phenols is 1. The van der Waals surface area contributed by atoms with E-state index >= 15 is 4.39 Å². The molecule has 3 aliphatic heterocycles. The highest BCUT2D eigenvalue weighted by Gasteiger charge is 2.39. The third-order valence-corrected chi connectivity index (χ3v) is 12.6. The molecule has 1 unspecified atom stereocenters. The molecule has 4 aromatic rings. The molecule has 8 N–H and O–H groups in total. The summed E-state index contributed by atoms with van der Waals surface area (Å²) >= 11 is 0. The number of carbonyl (C=O) groups is 1. The SMILES string of the molecule is CNc1cnc2c(c1)c(C1CC1)cn2C1CCN(CC2(F)CCN(C(=O)c3ccc(C4CCCN(C(/C=C(\N)c5ccccc5O)=C(N)N)C4)cc3)CC2)CC1. The van der Waals surface area contributed by atoms with Gasteiger partial charge in [-0.3, -0.25) is 4.79 Å². The minimum atomic E-state index is -1.30. The monoisotopic (exact) mass is 761 g/mol. The molecule has 1 amide bonds.